The molecule has 5 nitrogen and oxygen atoms in total. The van der Waals surface area contributed by atoms with Crippen molar-refractivity contribution in [3.63, 3.8) is 0 Å². The molecule has 0 aliphatic heterocycles. The second-order valence-corrected chi connectivity index (χ2v) is 5.13. The first kappa shape index (κ1) is 12.8. The van der Waals surface area contributed by atoms with Crippen LogP contribution in [0.3, 0.4) is 0 Å². The summed E-state index contributed by atoms with van der Waals surface area (Å²) in [6.45, 7) is 0.503. The van der Waals surface area contributed by atoms with E-state index in [4.69, 9.17) is 0 Å². The predicted molar refractivity (Wildman–Crippen MR) is 75.3 cm³/mol. The number of aromatic amines is 1. The Morgan fingerprint density at radius 2 is 2.00 bits per heavy atom. The van der Waals surface area contributed by atoms with Crippen molar-refractivity contribution in [3.05, 3.63) is 47.0 Å². The van der Waals surface area contributed by atoms with Gasteiger partial charge in [-0.2, -0.15) is 5.10 Å². The number of fused-ring (bicyclic) bond motifs is 1. The highest BCUT2D eigenvalue weighted by atomic mass is 16.1. The molecule has 0 radical (unpaired) electrons. The van der Waals surface area contributed by atoms with E-state index < -0.39 is 0 Å². The van der Waals surface area contributed by atoms with Crippen molar-refractivity contribution >= 4 is 5.91 Å². The number of aryl methyl sites for hydroxylation is 1. The standard InChI is InChI=1S/C15H18N4O/c20-15(17-10-11-6-8-16-9-7-11)14-12-4-2-1-3-5-13(12)18-19-14/h6-9H,1-5,10H2,(H,17,20)(H,18,19). The number of carbonyl (C=O) groups is 1. The van der Waals surface area contributed by atoms with Crippen LogP contribution in [0.1, 0.15) is 46.6 Å². The average Bonchev–Trinajstić information content (AvgIpc) is 2.75. The molecule has 0 aromatic carbocycles. The maximum absolute atomic E-state index is 12.3. The Hall–Kier alpha value is -2.17. The molecule has 0 atom stereocenters. The van der Waals surface area contributed by atoms with Gasteiger partial charge in [0.05, 0.1) is 0 Å². The summed E-state index contributed by atoms with van der Waals surface area (Å²) >= 11 is 0. The zero-order chi connectivity index (χ0) is 13.8. The van der Waals surface area contributed by atoms with Crippen LogP contribution in [-0.4, -0.2) is 21.1 Å². The van der Waals surface area contributed by atoms with Crippen LogP contribution in [0.4, 0.5) is 0 Å². The Balaban J connectivity index is 1.70. The number of pyridine rings is 1. The normalized spacial score (nSPS) is 14.4. The van der Waals surface area contributed by atoms with Gasteiger partial charge < -0.3 is 5.32 Å². The molecule has 0 bridgehead atoms. The van der Waals surface area contributed by atoms with Gasteiger partial charge in [0.1, 0.15) is 0 Å². The van der Waals surface area contributed by atoms with Crippen LogP contribution in [0.15, 0.2) is 24.5 Å². The van der Waals surface area contributed by atoms with Gasteiger partial charge in [-0.05, 0) is 43.4 Å². The number of amides is 1. The van der Waals surface area contributed by atoms with Gasteiger partial charge in [-0.25, -0.2) is 0 Å². The summed E-state index contributed by atoms with van der Waals surface area (Å²) in [6, 6.07) is 3.79. The highest BCUT2D eigenvalue weighted by Gasteiger charge is 2.20. The number of H-pyrrole nitrogens is 1. The third-order valence-electron chi connectivity index (χ3n) is 3.72. The topological polar surface area (TPSA) is 70.7 Å². The van der Waals surface area contributed by atoms with Gasteiger partial charge in [-0.15, -0.1) is 0 Å². The second kappa shape index (κ2) is 5.86. The van der Waals surface area contributed by atoms with Gasteiger partial charge in [0, 0.05) is 30.2 Å². The number of nitrogens with zero attached hydrogens (tertiary/aromatic N) is 2. The van der Waals surface area contributed by atoms with Gasteiger partial charge in [-0.3, -0.25) is 14.9 Å². The third kappa shape index (κ3) is 2.71. The van der Waals surface area contributed by atoms with E-state index in [9.17, 15) is 4.79 Å². The fraction of sp³-hybridized carbons (Fsp3) is 0.400. The van der Waals surface area contributed by atoms with E-state index in [2.05, 4.69) is 20.5 Å². The largest absolute Gasteiger partial charge is 0.347 e. The van der Waals surface area contributed by atoms with E-state index in [1.54, 1.807) is 12.4 Å². The summed E-state index contributed by atoms with van der Waals surface area (Å²) in [6.07, 6.45) is 8.93. The van der Waals surface area contributed by atoms with Crippen LogP contribution in [0.2, 0.25) is 0 Å². The lowest BCUT2D eigenvalue weighted by Gasteiger charge is -2.05. The summed E-state index contributed by atoms with van der Waals surface area (Å²) in [5.74, 6) is -0.0961. The molecule has 2 aromatic rings. The third-order valence-corrected chi connectivity index (χ3v) is 3.72. The van der Waals surface area contributed by atoms with Crippen LogP contribution >= 0.6 is 0 Å². The van der Waals surface area contributed by atoms with Crippen LogP contribution in [0.5, 0.6) is 0 Å². The maximum atomic E-state index is 12.3. The molecule has 5 heteroatoms. The van der Waals surface area contributed by atoms with Crippen molar-refractivity contribution in [1.82, 2.24) is 20.5 Å². The minimum atomic E-state index is -0.0961. The molecule has 0 spiro atoms. The van der Waals surface area contributed by atoms with Gasteiger partial charge in [0.15, 0.2) is 5.69 Å². The Morgan fingerprint density at radius 1 is 1.20 bits per heavy atom. The highest BCUT2D eigenvalue weighted by molar-refractivity contribution is 5.93. The number of hydrogen-bond acceptors (Lipinski definition) is 3. The minimum Gasteiger partial charge on any atom is -0.347 e. The number of hydrogen-bond donors (Lipinski definition) is 2. The molecule has 0 unspecified atom stereocenters. The zero-order valence-electron chi connectivity index (χ0n) is 11.4. The van der Waals surface area contributed by atoms with Crippen LogP contribution in [0.25, 0.3) is 0 Å². The molecule has 20 heavy (non-hydrogen) atoms. The molecular formula is C15H18N4O. The van der Waals surface area contributed by atoms with E-state index in [0.717, 1.165) is 36.1 Å². The number of nitrogens with one attached hydrogen (secondary N) is 2. The molecule has 3 rings (SSSR count). The maximum Gasteiger partial charge on any atom is 0.272 e. The quantitative estimate of drug-likeness (QED) is 0.838. The number of rotatable bonds is 3. The lowest BCUT2D eigenvalue weighted by molar-refractivity contribution is 0.0945. The summed E-state index contributed by atoms with van der Waals surface area (Å²) in [5.41, 5.74) is 3.84. The molecule has 2 N–H and O–H groups in total. The number of aromatic nitrogens is 3. The first-order valence-corrected chi connectivity index (χ1v) is 7.08. The van der Waals surface area contributed by atoms with E-state index in [1.807, 2.05) is 12.1 Å². The van der Waals surface area contributed by atoms with E-state index in [1.165, 1.54) is 12.8 Å². The summed E-state index contributed by atoms with van der Waals surface area (Å²) < 4.78 is 0. The highest BCUT2D eigenvalue weighted by Crippen LogP contribution is 2.21. The van der Waals surface area contributed by atoms with Crippen molar-refractivity contribution in [2.75, 3.05) is 0 Å². The van der Waals surface area contributed by atoms with Gasteiger partial charge in [-0.1, -0.05) is 6.42 Å². The predicted octanol–water partition coefficient (Wildman–Crippen LogP) is 2.00. The van der Waals surface area contributed by atoms with Crippen LogP contribution < -0.4 is 5.32 Å². The molecule has 1 aliphatic carbocycles. The molecule has 1 amide bonds. The van der Waals surface area contributed by atoms with Crippen molar-refractivity contribution in [2.24, 2.45) is 0 Å². The molecule has 0 fully saturated rings. The summed E-state index contributed by atoms with van der Waals surface area (Å²) in [7, 11) is 0. The lowest BCUT2D eigenvalue weighted by atomic mass is 10.1. The van der Waals surface area contributed by atoms with Gasteiger partial charge in [0.2, 0.25) is 0 Å². The molecule has 0 saturated heterocycles. The molecule has 2 aromatic heterocycles. The minimum absolute atomic E-state index is 0.0961. The Kier molecular flexibility index (Phi) is 3.76. The van der Waals surface area contributed by atoms with Crippen molar-refractivity contribution in [1.29, 1.82) is 0 Å². The Morgan fingerprint density at radius 3 is 2.85 bits per heavy atom. The van der Waals surface area contributed by atoms with Gasteiger partial charge in [0.25, 0.3) is 5.91 Å². The van der Waals surface area contributed by atoms with Crippen LogP contribution in [-0.2, 0) is 19.4 Å². The van der Waals surface area contributed by atoms with Gasteiger partial charge >= 0.3 is 0 Å². The van der Waals surface area contributed by atoms with Crippen molar-refractivity contribution < 1.29 is 4.79 Å². The Labute approximate surface area is 117 Å². The van der Waals surface area contributed by atoms with E-state index in [0.29, 0.717) is 12.2 Å². The van der Waals surface area contributed by atoms with Crippen molar-refractivity contribution in [2.45, 2.75) is 38.6 Å². The molecule has 1 aliphatic rings. The summed E-state index contributed by atoms with van der Waals surface area (Å²) in [4.78, 5) is 16.2. The molecule has 0 saturated carbocycles. The monoisotopic (exact) mass is 270 g/mol. The van der Waals surface area contributed by atoms with Crippen molar-refractivity contribution in [3.8, 4) is 0 Å². The first-order valence-electron chi connectivity index (χ1n) is 7.08. The lowest BCUT2D eigenvalue weighted by Crippen LogP contribution is -2.24. The summed E-state index contributed by atoms with van der Waals surface area (Å²) in [5, 5.41) is 10.1. The SMILES string of the molecule is O=C(NCc1ccncc1)c1n[nH]c2c1CCCCC2. The molecular weight excluding hydrogens is 252 g/mol. The Bertz CT molecular complexity index is 591. The average molecular weight is 270 g/mol. The number of carbonyl (C=O) groups excluding carboxylic acids is 1. The fourth-order valence-corrected chi connectivity index (χ4v) is 2.61. The second-order valence-electron chi connectivity index (χ2n) is 5.13. The molecule has 2 heterocycles. The first-order chi connectivity index (χ1) is 9.84. The molecule has 104 valence electrons. The van der Waals surface area contributed by atoms with E-state index in [-0.39, 0.29) is 5.91 Å². The van der Waals surface area contributed by atoms with Crippen LogP contribution in [0, 0.1) is 0 Å². The fourth-order valence-electron chi connectivity index (χ4n) is 2.61. The smallest absolute Gasteiger partial charge is 0.272 e. The van der Waals surface area contributed by atoms with E-state index >= 15 is 0 Å². The zero-order valence-corrected chi connectivity index (χ0v) is 11.4.